The maximum atomic E-state index is 13.4. The van der Waals surface area contributed by atoms with Crippen LogP contribution in [0.1, 0.15) is 49.6 Å². The fourth-order valence-corrected chi connectivity index (χ4v) is 5.78. The molecule has 0 radical (unpaired) electrons. The number of carbonyl (C=O) groups excluding carboxylic acids is 4. The summed E-state index contributed by atoms with van der Waals surface area (Å²) < 4.78 is -0.845. The molecule has 0 saturated carbocycles. The first-order valence-corrected chi connectivity index (χ1v) is 11.2. The Morgan fingerprint density at radius 2 is 1.39 bits per heavy atom. The number of carboxylic acid groups (broad SMARTS) is 2. The second kappa shape index (κ2) is 8.70. The number of aliphatic carboxylic acids is 1. The molecule has 1 aliphatic heterocycles. The number of amides is 5. The number of fused-ring (bicyclic) bond motifs is 1. The van der Waals surface area contributed by atoms with Crippen LogP contribution in [0.2, 0.25) is 0 Å². The topological polar surface area (TPSA) is 252 Å². The Bertz CT molecular complexity index is 1560. The third kappa shape index (κ3) is 3.17. The standard InChI is InChI=1S/C24H22N6O8/c25-18(31)12-6-3-7-13(19(26)32)15(12)24(21(34)35)9-4-10-30(24,23(37)38)17-11-5-1-2-8-14(11)29(22(28)36)16(17)20(27)33/h1-3,5-8H,4,9-10H2,(H9-,25,26,27,28,31,32,33,34,35,36,37,38)/p+1/t24-,30?/m0/s1. The van der Waals surface area contributed by atoms with Gasteiger partial charge in [-0.1, -0.05) is 18.2 Å². The zero-order valence-corrected chi connectivity index (χ0v) is 19.7. The Labute approximate surface area is 213 Å². The van der Waals surface area contributed by atoms with Crippen molar-refractivity contribution in [2.75, 3.05) is 6.54 Å². The van der Waals surface area contributed by atoms with Crippen molar-refractivity contribution in [1.29, 1.82) is 0 Å². The summed E-state index contributed by atoms with van der Waals surface area (Å²) in [6, 6.07) is 8.07. The maximum absolute atomic E-state index is 13.4. The number of benzene rings is 2. The Morgan fingerprint density at radius 1 is 0.816 bits per heavy atom. The van der Waals surface area contributed by atoms with Gasteiger partial charge >= 0.3 is 18.1 Å². The number of nitrogens with zero attached hydrogens (tertiary/aromatic N) is 2. The van der Waals surface area contributed by atoms with Crippen molar-refractivity contribution in [2.45, 2.75) is 18.4 Å². The average molecular weight is 523 g/mol. The fraction of sp³-hybridized carbons (Fsp3) is 0.167. The van der Waals surface area contributed by atoms with E-state index in [1.54, 1.807) is 0 Å². The van der Waals surface area contributed by atoms with Crippen molar-refractivity contribution in [1.82, 2.24) is 9.05 Å². The van der Waals surface area contributed by atoms with Gasteiger partial charge in [-0.25, -0.2) is 9.59 Å². The van der Waals surface area contributed by atoms with Gasteiger partial charge in [0.15, 0.2) is 11.4 Å². The molecule has 196 valence electrons. The summed E-state index contributed by atoms with van der Waals surface area (Å²) in [5.41, 5.74) is 17.1. The fourth-order valence-electron chi connectivity index (χ4n) is 5.78. The van der Waals surface area contributed by atoms with Crippen molar-refractivity contribution >= 4 is 52.4 Å². The summed E-state index contributed by atoms with van der Waals surface area (Å²) in [7, 11) is 0. The Kier molecular flexibility index (Phi) is 5.92. The third-order valence-electron chi connectivity index (χ3n) is 7.06. The smallest absolute Gasteiger partial charge is 0.476 e. The minimum atomic E-state index is -2.63. The van der Waals surface area contributed by atoms with E-state index in [4.69, 9.17) is 22.9 Å². The Balaban J connectivity index is 2.35. The molecule has 2 heterocycles. The first-order valence-electron chi connectivity index (χ1n) is 11.2. The van der Waals surface area contributed by atoms with Crippen LogP contribution in [0.4, 0.5) is 15.3 Å². The van der Waals surface area contributed by atoms with E-state index < -0.39 is 86.9 Å². The van der Waals surface area contributed by atoms with E-state index in [1.165, 1.54) is 30.3 Å². The van der Waals surface area contributed by atoms with Crippen LogP contribution in [0.5, 0.6) is 0 Å². The van der Waals surface area contributed by atoms with Gasteiger partial charge in [0, 0.05) is 12.8 Å². The molecule has 0 aliphatic carbocycles. The number of para-hydroxylation sites is 1. The number of primary amides is 4. The molecule has 2 atom stereocenters. The quantitative estimate of drug-likeness (QED) is 0.249. The van der Waals surface area contributed by atoms with Gasteiger partial charge in [-0.2, -0.15) is 9.28 Å². The number of nitrogens with two attached hydrogens (primary N) is 4. The van der Waals surface area contributed by atoms with Crippen LogP contribution in [0.3, 0.4) is 0 Å². The van der Waals surface area contributed by atoms with Gasteiger partial charge < -0.3 is 33.1 Å². The average Bonchev–Trinajstić information content (AvgIpc) is 3.41. The van der Waals surface area contributed by atoms with E-state index in [0.717, 1.165) is 12.1 Å². The molecule has 14 nitrogen and oxygen atoms in total. The van der Waals surface area contributed by atoms with Crippen molar-refractivity contribution in [3.8, 4) is 0 Å². The summed E-state index contributed by atoms with van der Waals surface area (Å²) in [5, 5.41) is 21.6. The first-order chi connectivity index (χ1) is 17.8. The van der Waals surface area contributed by atoms with Gasteiger partial charge in [0.25, 0.3) is 5.91 Å². The zero-order valence-electron chi connectivity index (χ0n) is 19.7. The number of hydrogen-bond donors (Lipinski definition) is 6. The van der Waals surface area contributed by atoms with Crippen LogP contribution in [0.15, 0.2) is 42.5 Å². The molecule has 1 aliphatic rings. The van der Waals surface area contributed by atoms with E-state index in [-0.39, 0.29) is 17.3 Å². The highest BCUT2D eigenvalue weighted by Gasteiger charge is 2.71. The molecule has 2 aromatic carbocycles. The third-order valence-corrected chi connectivity index (χ3v) is 7.06. The normalized spacial score (nSPS) is 20.7. The van der Waals surface area contributed by atoms with Gasteiger partial charge in [0.1, 0.15) is 0 Å². The lowest BCUT2D eigenvalue weighted by Gasteiger charge is -2.42. The molecule has 1 aromatic heterocycles. The molecule has 1 fully saturated rings. The Morgan fingerprint density at radius 3 is 1.87 bits per heavy atom. The number of carboxylic acids is 1. The monoisotopic (exact) mass is 523 g/mol. The number of aromatic nitrogens is 1. The summed E-state index contributed by atoms with van der Waals surface area (Å²) in [5.74, 6) is -5.30. The number of carbonyl (C=O) groups is 6. The summed E-state index contributed by atoms with van der Waals surface area (Å²) in [6.07, 6.45) is -2.26. The predicted octanol–water partition coefficient (Wildman–Crippen LogP) is 0.624. The van der Waals surface area contributed by atoms with Crippen molar-refractivity contribution < 1.29 is 39.0 Å². The molecule has 1 saturated heterocycles. The molecular weight excluding hydrogens is 500 g/mol. The minimum absolute atomic E-state index is 0.00722. The molecule has 5 amide bonds. The summed E-state index contributed by atoms with van der Waals surface area (Å²) in [4.78, 5) is 77.0. The molecule has 4 rings (SSSR count). The number of hydrogen-bond acceptors (Lipinski definition) is 6. The maximum Gasteiger partial charge on any atom is 0.520 e. The summed E-state index contributed by atoms with van der Waals surface area (Å²) in [6.45, 7) is -0.444. The SMILES string of the molecule is NC(=O)c1cccc(C(N)=O)c1[C@]1(C(=O)O)CCC[N+]1(C(=O)O)c1c(C(N)=O)n(C(N)=O)c2ccccc12. The first kappa shape index (κ1) is 25.8. The number of likely N-dealkylation sites (tertiary alicyclic amines) is 1. The van der Waals surface area contributed by atoms with Crippen molar-refractivity contribution in [2.24, 2.45) is 22.9 Å². The highest BCUT2D eigenvalue weighted by Crippen LogP contribution is 2.54. The minimum Gasteiger partial charge on any atom is -0.476 e. The van der Waals surface area contributed by atoms with E-state index in [2.05, 4.69) is 0 Å². The lowest BCUT2D eigenvalue weighted by atomic mass is 9.78. The van der Waals surface area contributed by atoms with Gasteiger partial charge in [-0.3, -0.25) is 19.0 Å². The van der Waals surface area contributed by atoms with Gasteiger partial charge in [-0.15, -0.1) is 0 Å². The van der Waals surface area contributed by atoms with Crippen LogP contribution in [-0.2, 0) is 10.3 Å². The molecule has 0 bridgehead atoms. The largest absolute Gasteiger partial charge is 0.520 e. The van der Waals surface area contributed by atoms with Crippen LogP contribution >= 0.6 is 0 Å². The molecule has 38 heavy (non-hydrogen) atoms. The molecule has 3 aromatic rings. The second-order valence-corrected chi connectivity index (χ2v) is 8.79. The van der Waals surface area contributed by atoms with E-state index in [9.17, 15) is 39.0 Å². The molecule has 1 unspecified atom stereocenters. The van der Waals surface area contributed by atoms with E-state index >= 15 is 0 Å². The number of quaternary nitrogens is 1. The van der Waals surface area contributed by atoms with Crippen LogP contribution in [0, 0.1) is 0 Å². The molecular formula is C24H23N6O8+. The van der Waals surface area contributed by atoms with Gasteiger partial charge in [0.05, 0.1) is 34.1 Å². The van der Waals surface area contributed by atoms with Gasteiger partial charge in [0.2, 0.25) is 17.4 Å². The van der Waals surface area contributed by atoms with Crippen LogP contribution in [-0.4, -0.2) is 57.1 Å². The van der Waals surface area contributed by atoms with E-state index in [0.29, 0.717) is 4.57 Å². The van der Waals surface area contributed by atoms with E-state index in [1.807, 2.05) is 0 Å². The van der Waals surface area contributed by atoms with Gasteiger partial charge in [-0.05, 0) is 24.3 Å². The highest BCUT2D eigenvalue weighted by molar-refractivity contribution is 6.16. The van der Waals surface area contributed by atoms with Crippen molar-refractivity contribution in [3.05, 3.63) is 64.8 Å². The lowest BCUT2D eigenvalue weighted by molar-refractivity contribution is -0.148. The molecule has 10 N–H and O–H groups in total. The van der Waals surface area contributed by atoms with Crippen LogP contribution < -0.4 is 27.4 Å². The predicted molar refractivity (Wildman–Crippen MR) is 132 cm³/mol. The lowest BCUT2D eigenvalue weighted by Crippen LogP contribution is -2.67. The Hall–Kier alpha value is -5.24. The zero-order chi connectivity index (χ0) is 28.2. The van der Waals surface area contributed by atoms with Crippen molar-refractivity contribution in [3.63, 3.8) is 0 Å². The molecule has 14 heteroatoms. The number of rotatable bonds is 6. The highest BCUT2D eigenvalue weighted by atomic mass is 16.4. The summed E-state index contributed by atoms with van der Waals surface area (Å²) >= 11 is 0. The van der Waals surface area contributed by atoms with Crippen LogP contribution in [0.25, 0.3) is 10.9 Å². The molecule has 0 spiro atoms. The second-order valence-electron chi connectivity index (χ2n) is 8.79.